The fourth-order valence-corrected chi connectivity index (χ4v) is 3.90. The predicted molar refractivity (Wildman–Crippen MR) is 105 cm³/mol. The average Bonchev–Trinajstić information content (AvgIpc) is 2.57. The van der Waals surface area contributed by atoms with Crippen LogP contribution in [0, 0.1) is 24.7 Å². The van der Waals surface area contributed by atoms with E-state index in [0.717, 1.165) is 35.1 Å². The van der Waals surface area contributed by atoms with Crippen molar-refractivity contribution in [3.8, 4) is 5.75 Å². The molecule has 0 amide bonds. The number of aryl methyl sites for hydroxylation is 1. The largest absolute Gasteiger partial charge is 0.490 e. The Bertz CT molecular complexity index is 702. The summed E-state index contributed by atoms with van der Waals surface area (Å²) >= 11 is 0. The molecule has 0 radical (unpaired) electrons. The lowest BCUT2D eigenvalue weighted by molar-refractivity contribution is 0.0455. The van der Waals surface area contributed by atoms with Crippen LogP contribution in [0.4, 0.5) is 0 Å². The van der Waals surface area contributed by atoms with Crippen molar-refractivity contribution in [3.63, 3.8) is 0 Å². The van der Waals surface area contributed by atoms with Crippen LogP contribution in [0.15, 0.2) is 47.7 Å². The molecule has 25 heavy (non-hydrogen) atoms. The Hall–Kier alpha value is -2.03. The number of nitrogens with one attached hydrogen (secondary N) is 1. The van der Waals surface area contributed by atoms with Crippen LogP contribution >= 0.6 is 0 Å². The van der Waals surface area contributed by atoms with Gasteiger partial charge in [-0.25, -0.2) is 0 Å². The topological polar surface area (TPSA) is 33.6 Å². The number of ether oxygens (including phenoxy) is 1. The number of hydrogen-bond donors (Lipinski definition) is 1. The van der Waals surface area contributed by atoms with Gasteiger partial charge in [-0.1, -0.05) is 33.8 Å². The fraction of sp³-hybridized carbons (Fsp3) is 0.500. The number of benzene rings is 1. The predicted octanol–water partition coefficient (Wildman–Crippen LogP) is 5.21. The fourth-order valence-electron chi connectivity index (χ4n) is 3.90. The highest BCUT2D eigenvalue weighted by Crippen LogP contribution is 2.36. The zero-order valence-corrected chi connectivity index (χ0v) is 15.9. The quantitative estimate of drug-likeness (QED) is 0.817. The molecule has 0 aromatic heterocycles. The Balaban J connectivity index is 1.76. The molecule has 1 saturated carbocycles. The molecule has 1 aromatic rings. The first-order valence-corrected chi connectivity index (χ1v) is 9.42. The molecule has 3 heteroatoms. The van der Waals surface area contributed by atoms with E-state index in [-0.39, 0.29) is 0 Å². The van der Waals surface area contributed by atoms with Crippen LogP contribution in [0.2, 0.25) is 0 Å². The lowest BCUT2D eigenvalue weighted by Crippen LogP contribution is -2.36. The third kappa shape index (κ3) is 4.15. The standard InChI is InChI=1S/C22H30N2O/c1-14(2)19-9-6-15(3)12-22(19)25-21-11-8-18(13-16(21)4)20-10-7-17(5)23-24-20/h7-8,10-11,13-15,19,22-23H,5-6,9,12H2,1-4H3. The number of nitrogens with zero attached hydrogens (tertiary/aromatic N) is 1. The molecule has 1 aliphatic carbocycles. The number of hydrogen-bond acceptors (Lipinski definition) is 3. The smallest absolute Gasteiger partial charge is 0.122 e. The van der Waals surface area contributed by atoms with Gasteiger partial charge in [-0.2, -0.15) is 5.10 Å². The summed E-state index contributed by atoms with van der Waals surface area (Å²) in [6.45, 7) is 12.9. The van der Waals surface area contributed by atoms with E-state index in [4.69, 9.17) is 4.74 Å². The van der Waals surface area contributed by atoms with E-state index >= 15 is 0 Å². The van der Waals surface area contributed by atoms with Gasteiger partial charge in [0.15, 0.2) is 0 Å². The van der Waals surface area contributed by atoms with Gasteiger partial charge in [0.25, 0.3) is 0 Å². The SMILES string of the molecule is C=C1C=CC(c2ccc(OC3CC(C)CCC3C(C)C)c(C)c2)=NN1. The molecule has 1 heterocycles. The summed E-state index contributed by atoms with van der Waals surface area (Å²) in [5.74, 6) is 3.07. The van der Waals surface area contributed by atoms with Crippen LogP contribution in [0.3, 0.4) is 0 Å². The molecule has 1 aliphatic heterocycles. The Morgan fingerprint density at radius 2 is 2.04 bits per heavy atom. The van der Waals surface area contributed by atoms with E-state index in [1.54, 1.807) is 0 Å². The van der Waals surface area contributed by atoms with E-state index in [1.165, 1.54) is 18.4 Å². The third-order valence-corrected chi connectivity index (χ3v) is 5.47. The molecule has 2 aliphatic rings. The van der Waals surface area contributed by atoms with Gasteiger partial charge in [-0.3, -0.25) is 5.43 Å². The zero-order chi connectivity index (χ0) is 18.0. The summed E-state index contributed by atoms with van der Waals surface area (Å²) < 4.78 is 6.50. The van der Waals surface area contributed by atoms with Crippen molar-refractivity contribution in [2.45, 2.75) is 53.1 Å². The monoisotopic (exact) mass is 338 g/mol. The molecule has 3 atom stereocenters. The minimum absolute atomic E-state index is 0.324. The lowest BCUT2D eigenvalue weighted by atomic mass is 9.75. The van der Waals surface area contributed by atoms with Crippen LogP contribution in [0.1, 0.15) is 51.2 Å². The molecule has 3 nitrogen and oxygen atoms in total. The van der Waals surface area contributed by atoms with Crippen molar-refractivity contribution in [2.24, 2.45) is 22.9 Å². The normalized spacial score (nSPS) is 26.4. The van der Waals surface area contributed by atoms with E-state index in [0.29, 0.717) is 17.9 Å². The molecule has 3 unspecified atom stereocenters. The second-order valence-corrected chi connectivity index (χ2v) is 7.93. The van der Waals surface area contributed by atoms with Crippen molar-refractivity contribution < 1.29 is 4.74 Å². The summed E-state index contributed by atoms with van der Waals surface area (Å²) in [7, 11) is 0. The van der Waals surface area contributed by atoms with Crippen LogP contribution in [-0.2, 0) is 0 Å². The van der Waals surface area contributed by atoms with Gasteiger partial charge in [-0.05, 0) is 73.4 Å². The van der Waals surface area contributed by atoms with Gasteiger partial charge in [0.2, 0.25) is 0 Å². The number of hydrazone groups is 1. The second kappa shape index (κ2) is 7.47. The number of rotatable bonds is 4. The molecule has 1 N–H and O–H groups in total. The van der Waals surface area contributed by atoms with Crippen molar-refractivity contribution in [2.75, 3.05) is 0 Å². The van der Waals surface area contributed by atoms with Gasteiger partial charge >= 0.3 is 0 Å². The van der Waals surface area contributed by atoms with Crippen LogP contribution in [0.25, 0.3) is 0 Å². The van der Waals surface area contributed by atoms with Gasteiger partial charge < -0.3 is 4.74 Å². The first kappa shape index (κ1) is 17.8. The summed E-state index contributed by atoms with van der Waals surface area (Å²) in [5, 5.41) is 4.35. The second-order valence-electron chi connectivity index (χ2n) is 7.93. The van der Waals surface area contributed by atoms with E-state index in [9.17, 15) is 0 Å². The third-order valence-electron chi connectivity index (χ3n) is 5.47. The molecule has 0 spiro atoms. The van der Waals surface area contributed by atoms with Gasteiger partial charge in [0.1, 0.15) is 11.9 Å². The maximum Gasteiger partial charge on any atom is 0.122 e. The lowest BCUT2D eigenvalue weighted by Gasteiger charge is -2.37. The van der Waals surface area contributed by atoms with Crippen molar-refractivity contribution in [1.82, 2.24) is 5.43 Å². The highest BCUT2D eigenvalue weighted by molar-refractivity contribution is 6.09. The molecule has 1 fully saturated rings. The molecule has 3 rings (SSSR count). The summed E-state index contributed by atoms with van der Waals surface area (Å²) in [5.41, 5.74) is 6.93. The van der Waals surface area contributed by atoms with Gasteiger partial charge in [-0.15, -0.1) is 0 Å². The van der Waals surface area contributed by atoms with Gasteiger partial charge in [0, 0.05) is 11.3 Å². The minimum atomic E-state index is 0.324. The van der Waals surface area contributed by atoms with Crippen molar-refractivity contribution in [1.29, 1.82) is 0 Å². The van der Waals surface area contributed by atoms with Crippen molar-refractivity contribution in [3.05, 3.63) is 53.8 Å². The minimum Gasteiger partial charge on any atom is -0.490 e. The Labute approximate surface area is 151 Å². The molecule has 134 valence electrons. The van der Waals surface area contributed by atoms with E-state index in [1.807, 2.05) is 12.2 Å². The number of allylic oxidation sites excluding steroid dienone is 2. The summed E-state index contributed by atoms with van der Waals surface area (Å²) in [6.07, 6.45) is 8.02. The molecule has 1 aromatic carbocycles. The summed E-state index contributed by atoms with van der Waals surface area (Å²) in [4.78, 5) is 0. The van der Waals surface area contributed by atoms with Crippen LogP contribution in [-0.4, -0.2) is 11.8 Å². The zero-order valence-electron chi connectivity index (χ0n) is 15.9. The van der Waals surface area contributed by atoms with Crippen LogP contribution < -0.4 is 10.2 Å². The summed E-state index contributed by atoms with van der Waals surface area (Å²) in [6, 6.07) is 6.35. The van der Waals surface area contributed by atoms with Crippen molar-refractivity contribution >= 4 is 5.71 Å². The highest BCUT2D eigenvalue weighted by Gasteiger charge is 2.32. The Morgan fingerprint density at radius 1 is 1.24 bits per heavy atom. The Morgan fingerprint density at radius 3 is 2.68 bits per heavy atom. The van der Waals surface area contributed by atoms with E-state index in [2.05, 4.69) is 63.0 Å². The van der Waals surface area contributed by atoms with E-state index < -0.39 is 0 Å². The first-order chi connectivity index (χ1) is 11.9. The average molecular weight is 338 g/mol. The molecular formula is C22H30N2O. The Kier molecular flexibility index (Phi) is 5.31. The molecule has 0 bridgehead atoms. The maximum atomic E-state index is 6.50. The maximum absolute atomic E-state index is 6.50. The first-order valence-electron chi connectivity index (χ1n) is 9.42. The van der Waals surface area contributed by atoms with Crippen LogP contribution in [0.5, 0.6) is 5.75 Å². The van der Waals surface area contributed by atoms with Gasteiger partial charge in [0.05, 0.1) is 5.71 Å². The molecular weight excluding hydrogens is 308 g/mol. The molecule has 0 saturated heterocycles. The highest BCUT2D eigenvalue weighted by atomic mass is 16.5.